The van der Waals surface area contributed by atoms with Crippen LogP contribution in [0.5, 0.6) is 5.75 Å². The van der Waals surface area contributed by atoms with E-state index in [0.29, 0.717) is 5.92 Å². The molecule has 2 aliphatic heterocycles. The molecule has 0 aromatic heterocycles. The minimum absolute atomic E-state index is 0.0682. The number of hydrazone groups is 1. The zero-order valence-electron chi connectivity index (χ0n) is 15.1. The van der Waals surface area contributed by atoms with E-state index in [1.54, 1.807) is 0 Å². The molecule has 0 radical (unpaired) electrons. The second-order valence-corrected chi connectivity index (χ2v) is 7.63. The van der Waals surface area contributed by atoms with Crippen LogP contribution in [0.4, 0.5) is 0 Å². The number of amides is 1. The van der Waals surface area contributed by atoms with E-state index >= 15 is 0 Å². The lowest BCUT2D eigenvalue weighted by molar-refractivity contribution is -0.122. The summed E-state index contributed by atoms with van der Waals surface area (Å²) < 4.78 is 5.94. The molecule has 2 fully saturated rings. The van der Waals surface area contributed by atoms with Gasteiger partial charge in [-0.2, -0.15) is 5.10 Å². The highest BCUT2D eigenvalue weighted by Gasteiger charge is 2.49. The van der Waals surface area contributed by atoms with Gasteiger partial charge in [0.2, 0.25) is 5.91 Å². The summed E-state index contributed by atoms with van der Waals surface area (Å²) >= 11 is 0. The van der Waals surface area contributed by atoms with Gasteiger partial charge < -0.3 is 9.64 Å². The van der Waals surface area contributed by atoms with Gasteiger partial charge in [0.25, 0.3) is 0 Å². The molecule has 1 aliphatic carbocycles. The summed E-state index contributed by atoms with van der Waals surface area (Å²) in [4.78, 5) is 14.1. The van der Waals surface area contributed by atoms with E-state index in [0.717, 1.165) is 54.6 Å². The molecule has 0 bridgehead atoms. The molecule has 5 heteroatoms. The molecule has 3 atom stereocenters. The minimum atomic E-state index is 0.0682. The maximum Gasteiger partial charge on any atom is 0.243 e. The first-order valence-corrected chi connectivity index (χ1v) is 9.49. The van der Waals surface area contributed by atoms with Crippen molar-refractivity contribution in [2.75, 3.05) is 19.7 Å². The van der Waals surface area contributed by atoms with Gasteiger partial charge in [-0.15, -0.1) is 0 Å². The van der Waals surface area contributed by atoms with Gasteiger partial charge in [-0.05, 0) is 69.8 Å². The third-order valence-electron chi connectivity index (χ3n) is 5.79. The number of aryl methyl sites for hydroxylation is 1. The highest BCUT2D eigenvalue weighted by Crippen LogP contribution is 2.44. The average molecular weight is 341 g/mol. The number of nitrogens with one attached hydrogen (secondary N) is 1. The van der Waals surface area contributed by atoms with Crippen LogP contribution in [0.25, 0.3) is 0 Å². The molecule has 0 spiro atoms. The number of nitrogens with zero attached hydrogens (tertiary/aromatic N) is 2. The Kier molecular flexibility index (Phi) is 4.50. The summed E-state index contributed by atoms with van der Waals surface area (Å²) in [5.74, 6) is 1.43. The summed E-state index contributed by atoms with van der Waals surface area (Å²) in [6, 6.07) is 6.92. The molecule has 134 valence electrons. The Morgan fingerprint density at radius 2 is 2.24 bits per heavy atom. The Hall–Kier alpha value is -1.88. The van der Waals surface area contributed by atoms with Gasteiger partial charge in [0.05, 0.1) is 12.3 Å². The second kappa shape index (κ2) is 6.79. The first-order valence-electron chi connectivity index (χ1n) is 9.49. The number of likely N-dealkylation sites (tertiary alicyclic amines) is 1. The molecule has 1 saturated carbocycles. The molecule has 1 aromatic rings. The van der Waals surface area contributed by atoms with Gasteiger partial charge >= 0.3 is 0 Å². The molecule has 4 rings (SSSR count). The normalized spacial score (nSPS) is 28.3. The fourth-order valence-electron chi connectivity index (χ4n) is 4.12. The standard InChI is InChI=1S/C20H27N3O2/c1-13-11-15(25-10-4-9-23-8-3-5-14(23)2)6-7-16(13)19-17-12-18(17)20(24)22-21-19/h6-7,11,14,17-18H,3-5,8-10,12H2,1-2H3,(H,22,24)/t14-,17?,18?/m1/s1. The quantitative estimate of drug-likeness (QED) is 0.810. The highest BCUT2D eigenvalue weighted by atomic mass is 16.5. The van der Waals surface area contributed by atoms with Crippen LogP contribution in [0.2, 0.25) is 0 Å². The molecule has 2 heterocycles. The van der Waals surface area contributed by atoms with Crippen LogP contribution >= 0.6 is 0 Å². The van der Waals surface area contributed by atoms with Crippen molar-refractivity contribution in [1.82, 2.24) is 10.3 Å². The smallest absolute Gasteiger partial charge is 0.243 e. The molecule has 1 aromatic carbocycles. The van der Waals surface area contributed by atoms with E-state index in [4.69, 9.17) is 4.74 Å². The first kappa shape index (κ1) is 16.6. The highest BCUT2D eigenvalue weighted by molar-refractivity contribution is 6.10. The molecule has 1 amide bonds. The Bertz CT molecular complexity index is 700. The third kappa shape index (κ3) is 3.43. The van der Waals surface area contributed by atoms with Crippen molar-refractivity contribution in [2.24, 2.45) is 16.9 Å². The zero-order valence-corrected chi connectivity index (χ0v) is 15.1. The van der Waals surface area contributed by atoms with Gasteiger partial charge in [0, 0.05) is 30.0 Å². The molecule has 2 unspecified atom stereocenters. The van der Waals surface area contributed by atoms with Crippen molar-refractivity contribution in [3.63, 3.8) is 0 Å². The summed E-state index contributed by atoms with van der Waals surface area (Å²) in [5, 5.41) is 4.29. The molecule has 1 N–H and O–H groups in total. The van der Waals surface area contributed by atoms with Crippen molar-refractivity contribution in [3.8, 4) is 5.75 Å². The van der Waals surface area contributed by atoms with E-state index in [9.17, 15) is 4.79 Å². The minimum Gasteiger partial charge on any atom is -0.494 e. The lowest BCUT2D eigenvalue weighted by Gasteiger charge is -2.20. The van der Waals surface area contributed by atoms with Crippen molar-refractivity contribution >= 4 is 11.6 Å². The van der Waals surface area contributed by atoms with E-state index < -0.39 is 0 Å². The monoisotopic (exact) mass is 341 g/mol. The van der Waals surface area contributed by atoms with Crippen LogP contribution in [0, 0.1) is 18.8 Å². The summed E-state index contributed by atoms with van der Waals surface area (Å²) in [5.41, 5.74) is 5.96. The summed E-state index contributed by atoms with van der Waals surface area (Å²) in [6.07, 6.45) is 4.65. The Labute approximate surface area is 149 Å². The summed E-state index contributed by atoms with van der Waals surface area (Å²) in [6.45, 7) is 7.51. The molecule has 1 saturated heterocycles. The predicted octanol–water partition coefficient (Wildman–Crippen LogP) is 2.72. The van der Waals surface area contributed by atoms with Crippen LogP contribution in [-0.2, 0) is 4.79 Å². The second-order valence-electron chi connectivity index (χ2n) is 7.63. The number of fused-ring (bicyclic) bond motifs is 1. The number of hydrogen-bond donors (Lipinski definition) is 1. The third-order valence-corrected chi connectivity index (χ3v) is 5.79. The largest absolute Gasteiger partial charge is 0.494 e. The predicted molar refractivity (Wildman–Crippen MR) is 97.8 cm³/mol. The van der Waals surface area contributed by atoms with E-state index in [-0.39, 0.29) is 11.8 Å². The van der Waals surface area contributed by atoms with Crippen LogP contribution in [-0.4, -0.2) is 42.3 Å². The number of hydrogen-bond acceptors (Lipinski definition) is 4. The maximum atomic E-state index is 11.6. The van der Waals surface area contributed by atoms with Crippen LogP contribution in [0.3, 0.4) is 0 Å². The Morgan fingerprint density at radius 3 is 3.00 bits per heavy atom. The lowest BCUT2D eigenvalue weighted by atomic mass is 9.99. The van der Waals surface area contributed by atoms with Crippen molar-refractivity contribution < 1.29 is 9.53 Å². The SMILES string of the molecule is Cc1cc(OCCCN2CCC[C@H]2C)ccc1C1=NNC(=O)C2CC12. The van der Waals surface area contributed by atoms with Crippen molar-refractivity contribution in [1.29, 1.82) is 0 Å². The lowest BCUT2D eigenvalue weighted by Crippen LogP contribution is -2.29. The molecule has 25 heavy (non-hydrogen) atoms. The molecular formula is C20H27N3O2. The van der Waals surface area contributed by atoms with E-state index in [1.165, 1.54) is 19.4 Å². The molecule has 3 aliphatic rings. The van der Waals surface area contributed by atoms with Gasteiger partial charge in [0.15, 0.2) is 0 Å². The number of benzene rings is 1. The van der Waals surface area contributed by atoms with Crippen molar-refractivity contribution in [3.05, 3.63) is 29.3 Å². The first-order chi connectivity index (χ1) is 12.1. The number of ether oxygens (including phenoxy) is 1. The Morgan fingerprint density at radius 1 is 1.36 bits per heavy atom. The number of carbonyl (C=O) groups excluding carboxylic acids is 1. The average Bonchev–Trinajstić information content (AvgIpc) is 3.31. The van der Waals surface area contributed by atoms with Crippen LogP contribution < -0.4 is 10.2 Å². The number of rotatable bonds is 6. The van der Waals surface area contributed by atoms with Gasteiger partial charge in [-0.3, -0.25) is 4.79 Å². The topological polar surface area (TPSA) is 53.9 Å². The fourth-order valence-corrected chi connectivity index (χ4v) is 4.12. The zero-order chi connectivity index (χ0) is 17.4. The van der Waals surface area contributed by atoms with E-state index in [1.807, 2.05) is 6.07 Å². The summed E-state index contributed by atoms with van der Waals surface area (Å²) in [7, 11) is 0. The van der Waals surface area contributed by atoms with Crippen LogP contribution in [0.15, 0.2) is 23.3 Å². The van der Waals surface area contributed by atoms with Gasteiger partial charge in [-0.1, -0.05) is 0 Å². The number of carbonyl (C=O) groups is 1. The van der Waals surface area contributed by atoms with Gasteiger partial charge in [-0.25, -0.2) is 5.43 Å². The van der Waals surface area contributed by atoms with Crippen molar-refractivity contribution in [2.45, 2.75) is 45.6 Å². The van der Waals surface area contributed by atoms with E-state index in [2.05, 4.69) is 41.4 Å². The molecule has 5 nitrogen and oxygen atoms in total. The van der Waals surface area contributed by atoms with Gasteiger partial charge in [0.1, 0.15) is 5.75 Å². The molecular weight excluding hydrogens is 314 g/mol. The van der Waals surface area contributed by atoms with Crippen LogP contribution in [0.1, 0.15) is 43.7 Å². The maximum absolute atomic E-state index is 11.6. The Balaban J connectivity index is 1.32. The fraction of sp³-hybridized carbons (Fsp3) is 0.600.